The van der Waals surface area contributed by atoms with Crippen LogP contribution in [0.5, 0.6) is 5.75 Å². The van der Waals surface area contributed by atoms with Gasteiger partial charge < -0.3 is 9.30 Å². The van der Waals surface area contributed by atoms with Gasteiger partial charge in [0.2, 0.25) is 0 Å². The number of imidazole rings is 1. The van der Waals surface area contributed by atoms with E-state index < -0.39 is 0 Å². The lowest BCUT2D eigenvalue weighted by molar-refractivity contribution is 0.102. The molecule has 0 aliphatic carbocycles. The molecule has 0 aliphatic heterocycles. The van der Waals surface area contributed by atoms with Gasteiger partial charge >= 0.3 is 0 Å². The first-order chi connectivity index (χ1) is 18.4. The average Bonchev–Trinajstić information content (AvgIpc) is 3.50. The third-order valence-electron chi connectivity index (χ3n) is 5.95. The summed E-state index contributed by atoms with van der Waals surface area (Å²) in [6.07, 6.45) is 6.63. The van der Waals surface area contributed by atoms with Crippen molar-refractivity contribution in [1.82, 2.24) is 34.5 Å². The Morgan fingerprint density at radius 1 is 1.00 bits per heavy atom. The lowest BCUT2D eigenvalue weighted by Gasteiger charge is -2.13. The Labute approximate surface area is 225 Å². The Balaban J connectivity index is 1.32. The monoisotopic (exact) mass is 542 g/mol. The summed E-state index contributed by atoms with van der Waals surface area (Å²) in [6, 6.07) is 8.94. The van der Waals surface area contributed by atoms with Gasteiger partial charge in [0, 0.05) is 35.1 Å². The number of ether oxygens (including phenoxy) is 1. The third kappa shape index (κ3) is 4.31. The van der Waals surface area contributed by atoms with Crippen LogP contribution in [-0.4, -0.2) is 47.5 Å². The molecule has 0 unspecified atom stereocenters. The van der Waals surface area contributed by atoms with Crippen molar-refractivity contribution in [2.24, 2.45) is 7.05 Å². The molecule has 188 valence electrons. The number of fused-ring (bicyclic) bond motifs is 2. The molecule has 0 spiro atoms. The van der Waals surface area contributed by atoms with Gasteiger partial charge in [-0.3, -0.25) is 20.1 Å². The van der Waals surface area contributed by atoms with E-state index in [0.29, 0.717) is 54.5 Å². The highest BCUT2D eigenvalue weighted by molar-refractivity contribution is 7.21. The van der Waals surface area contributed by atoms with Crippen LogP contribution in [0, 0.1) is 6.92 Å². The lowest BCUT2D eigenvalue weighted by atomic mass is 9.99. The lowest BCUT2D eigenvalue weighted by Crippen LogP contribution is -2.14. The first-order valence-corrected chi connectivity index (χ1v) is 12.6. The van der Waals surface area contributed by atoms with E-state index in [4.69, 9.17) is 16.3 Å². The van der Waals surface area contributed by atoms with Gasteiger partial charge in [-0.25, -0.2) is 15.0 Å². The zero-order chi connectivity index (χ0) is 26.4. The van der Waals surface area contributed by atoms with Crippen molar-refractivity contribution in [3.8, 4) is 28.3 Å². The van der Waals surface area contributed by atoms with Gasteiger partial charge in [0.05, 0.1) is 48.1 Å². The van der Waals surface area contributed by atoms with Crippen molar-refractivity contribution in [2.75, 3.05) is 12.4 Å². The number of nitrogens with one attached hydrogen (secondary N) is 1. The first kappa shape index (κ1) is 23.9. The summed E-state index contributed by atoms with van der Waals surface area (Å²) < 4.78 is 7.41. The number of aromatic nitrogens is 7. The molecule has 1 aromatic carbocycles. The highest BCUT2D eigenvalue weighted by Crippen LogP contribution is 2.35. The Morgan fingerprint density at radius 2 is 1.87 bits per heavy atom. The van der Waals surface area contributed by atoms with E-state index in [1.54, 1.807) is 44.0 Å². The summed E-state index contributed by atoms with van der Waals surface area (Å²) in [4.78, 5) is 40.7. The molecule has 6 rings (SSSR count). The Bertz CT molecular complexity index is 1870. The highest BCUT2D eigenvalue weighted by Gasteiger charge is 2.20. The van der Waals surface area contributed by atoms with Crippen LogP contribution in [0.3, 0.4) is 0 Å². The Morgan fingerprint density at radius 3 is 2.71 bits per heavy atom. The number of carbonyl (C=O) groups is 1. The molecule has 10 nitrogen and oxygen atoms in total. The van der Waals surface area contributed by atoms with Crippen LogP contribution in [0.25, 0.3) is 44.0 Å². The van der Waals surface area contributed by atoms with Gasteiger partial charge in [-0.05, 0) is 37.3 Å². The summed E-state index contributed by atoms with van der Waals surface area (Å²) in [5, 5.41) is 3.75. The minimum atomic E-state index is -0.379. The molecule has 0 fully saturated rings. The number of amides is 1. The van der Waals surface area contributed by atoms with Crippen LogP contribution in [-0.2, 0) is 7.05 Å². The van der Waals surface area contributed by atoms with Gasteiger partial charge in [-0.15, -0.1) is 0 Å². The molecule has 1 amide bonds. The average molecular weight is 543 g/mol. The third-order valence-corrected chi connectivity index (χ3v) is 7.04. The molecule has 0 saturated carbocycles. The predicted molar refractivity (Wildman–Crippen MR) is 147 cm³/mol. The smallest absolute Gasteiger partial charge is 0.259 e. The number of anilines is 1. The number of rotatable bonds is 5. The van der Waals surface area contributed by atoms with E-state index in [9.17, 15) is 4.79 Å². The van der Waals surface area contributed by atoms with Gasteiger partial charge in [0.25, 0.3) is 5.91 Å². The van der Waals surface area contributed by atoms with Crippen molar-refractivity contribution < 1.29 is 9.53 Å². The van der Waals surface area contributed by atoms with E-state index in [1.807, 2.05) is 30.7 Å². The molecular formula is C26H19ClN8O2S. The highest BCUT2D eigenvalue weighted by atomic mass is 35.5. The summed E-state index contributed by atoms with van der Waals surface area (Å²) in [5.74, 6) is 0.212. The van der Waals surface area contributed by atoms with Crippen molar-refractivity contribution in [3.05, 3.63) is 71.5 Å². The van der Waals surface area contributed by atoms with Gasteiger partial charge in [-0.2, -0.15) is 4.98 Å². The van der Waals surface area contributed by atoms with Crippen molar-refractivity contribution in [1.29, 1.82) is 0 Å². The quantitative estimate of drug-likeness (QED) is 0.311. The number of carbonyl (C=O) groups excluding carboxylic acids is 1. The maximum Gasteiger partial charge on any atom is 0.259 e. The van der Waals surface area contributed by atoms with Crippen LogP contribution < -0.4 is 10.1 Å². The number of pyridine rings is 2. The second-order valence-corrected chi connectivity index (χ2v) is 9.90. The van der Waals surface area contributed by atoms with Gasteiger partial charge in [0.1, 0.15) is 11.4 Å². The summed E-state index contributed by atoms with van der Waals surface area (Å²) in [7, 11) is 3.48. The second-order valence-electron chi connectivity index (χ2n) is 8.49. The molecule has 0 atom stereocenters. The molecule has 0 radical (unpaired) electrons. The zero-order valence-corrected chi connectivity index (χ0v) is 22.0. The van der Waals surface area contributed by atoms with Crippen LogP contribution in [0.2, 0.25) is 5.02 Å². The number of halogens is 1. The van der Waals surface area contributed by atoms with E-state index in [2.05, 4.69) is 35.2 Å². The predicted octanol–water partition coefficient (Wildman–Crippen LogP) is 5.32. The Hall–Kier alpha value is -4.48. The molecular weight excluding hydrogens is 524 g/mol. The summed E-state index contributed by atoms with van der Waals surface area (Å²) in [6.45, 7) is 1.85. The number of hydrogen-bond donors (Lipinski definition) is 1. The van der Waals surface area contributed by atoms with Crippen molar-refractivity contribution >= 4 is 55.5 Å². The number of nitrogens with zero attached hydrogens (tertiary/aromatic N) is 7. The van der Waals surface area contributed by atoms with E-state index >= 15 is 0 Å². The molecule has 0 aliphatic rings. The number of hydrogen-bond acceptors (Lipinski definition) is 9. The van der Waals surface area contributed by atoms with Crippen LogP contribution in [0.15, 0.2) is 55.2 Å². The number of methoxy groups -OCH3 is 1. The molecule has 5 aromatic heterocycles. The maximum absolute atomic E-state index is 13.4. The SMILES string of the molecule is COc1ccc(Cl)cc1-c1cc(C)ncc1C(=O)Nc1nc2ncc(-c3cc4ncn(C)c4cn3)nc2s1. The van der Waals surface area contributed by atoms with Gasteiger partial charge in [-0.1, -0.05) is 22.9 Å². The molecule has 0 saturated heterocycles. The van der Waals surface area contributed by atoms with Crippen LogP contribution in [0.4, 0.5) is 5.13 Å². The van der Waals surface area contributed by atoms with Crippen molar-refractivity contribution in [2.45, 2.75) is 6.92 Å². The second kappa shape index (κ2) is 9.43. The van der Waals surface area contributed by atoms with Crippen molar-refractivity contribution in [3.63, 3.8) is 0 Å². The summed E-state index contributed by atoms with van der Waals surface area (Å²) >= 11 is 7.48. The first-order valence-electron chi connectivity index (χ1n) is 11.4. The Kier molecular flexibility index (Phi) is 5.93. The minimum Gasteiger partial charge on any atom is -0.496 e. The maximum atomic E-state index is 13.4. The van der Waals surface area contributed by atoms with E-state index in [0.717, 1.165) is 16.7 Å². The summed E-state index contributed by atoms with van der Waals surface area (Å²) in [5.41, 5.74) is 5.82. The number of thiazole rings is 1. The van der Waals surface area contributed by atoms with Gasteiger partial charge in [0.15, 0.2) is 15.6 Å². The van der Waals surface area contributed by atoms with E-state index in [1.165, 1.54) is 17.5 Å². The fourth-order valence-corrected chi connectivity index (χ4v) is 5.05. The minimum absolute atomic E-state index is 0.352. The molecule has 12 heteroatoms. The molecule has 1 N–H and O–H groups in total. The molecule has 0 bridgehead atoms. The molecule has 38 heavy (non-hydrogen) atoms. The van der Waals surface area contributed by atoms with Crippen LogP contribution in [0.1, 0.15) is 16.1 Å². The molecule has 6 aromatic rings. The standard InChI is InChI=1S/C26H19ClN8O2S/c1-13-6-15(16-7-14(27)4-5-22(16)37-3)17(9-28-13)24(36)34-26-33-23-25(38-26)32-20(10-30-23)18-8-19-21(11-29-18)35(2)12-31-19/h4-12H,1-3H3,(H,30,33,34,36). The largest absolute Gasteiger partial charge is 0.496 e. The van der Waals surface area contributed by atoms with E-state index in [-0.39, 0.29) is 5.91 Å². The topological polar surface area (TPSA) is 121 Å². The number of aryl methyl sites for hydroxylation is 2. The normalized spacial score (nSPS) is 11.3. The molecule has 5 heterocycles. The number of benzene rings is 1. The van der Waals surface area contributed by atoms with Crippen LogP contribution >= 0.6 is 22.9 Å². The fourth-order valence-electron chi connectivity index (χ4n) is 4.08. The zero-order valence-electron chi connectivity index (χ0n) is 20.4. The fraction of sp³-hybridized carbons (Fsp3) is 0.115.